The molecule has 1 aromatic rings. The molecule has 4 heteroatoms. The molecule has 0 saturated carbocycles. The standard InChI is InChI=1S/C16H26N2O2/c1-4-9-18(10-11-19)13-16(20)17(3)12-15-8-6-5-7-14(15)2/h5-8,19H,4,9-13H2,1-3H3. The van der Waals surface area contributed by atoms with Crippen molar-refractivity contribution in [1.29, 1.82) is 0 Å². The molecule has 0 aromatic heterocycles. The molecule has 4 nitrogen and oxygen atoms in total. The minimum absolute atomic E-state index is 0.0921. The summed E-state index contributed by atoms with van der Waals surface area (Å²) in [5.74, 6) is 0.0927. The SMILES string of the molecule is CCCN(CCO)CC(=O)N(C)Cc1ccccc1C. The summed E-state index contributed by atoms with van der Waals surface area (Å²) in [6.45, 7) is 6.62. The number of aliphatic hydroxyl groups is 1. The summed E-state index contributed by atoms with van der Waals surface area (Å²) < 4.78 is 0. The second-order valence-electron chi connectivity index (χ2n) is 5.18. The largest absolute Gasteiger partial charge is 0.395 e. The van der Waals surface area contributed by atoms with Gasteiger partial charge in [-0.05, 0) is 31.0 Å². The van der Waals surface area contributed by atoms with Gasteiger partial charge in [-0.2, -0.15) is 0 Å². The van der Waals surface area contributed by atoms with Gasteiger partial charge in [-0.3, -0.25) is 9.69 Å². The highest BCUT2D eigenvalue weighted by atomic mass is 16.3. The first-order valence-electron chi connectivity index (χ1n) is 7.20. The Kier molecular flexibility index (Phi) is 7.26. The zero-order chi connectivity index (χ0) is 15.0. The molecule has 1 amide bonds. The van der Waals surface area contributed by atoms with E-state index in [0.29, 0.717) is 19.6 Å². The maximum Gasteiger partial charge on any atom is 0.236 e. The van der Waals surface area contributed by atoms with Gasteiger partial charge in [-0.1, -0.05) is 31.2 Å². The van der Waals surface area contributed by atoms with Crippen LogP contribution < -0.4 is 0 Å². The number of carbonyl (C=O) groups excluding carboxylic acids is 1. The average molecular weight is 278 g/mol. The molecule has 0 aliphatic heterocycles. The van der Waals surface area contributed by atoms with Crippen molar-refractivity contribution in [3.05, 3.63) is 35.4 Å². The summed E-state index contributed by atoms with van der Waals surface area (Å²) in [5, 5.41) is 9.02. The zero-order valence-electron chi connectivity index (χ0n) is 12.8. The highest BCUT2D eigenvalue weighted by Gasteiger charge is 2.14. The maximum atomic E-state index is 12.2. The molecule has 0 spiro atoms. The van der Waals surface area contributed by atoms with E-state index in [0.717, 1.165) is 13.0 Å². The fourth-order valence-corrected chi connectivity index (χ4v) is 2.17. The highest BCUT2D eigenvalue weighted by Crippen LogP contribution is 2.09. The monoisotopic (exact) mass is 278 g/mol. The van der Waals surface area contributed by atoms with Crippen LogP contribution in [0, 0.1) is 6.92 Å². The van der Waals surface area contributed by atoms with Gasteiger partial charge in [0.25, 0.3) is 0 Å². The number of rotatable bonds is 8. The van der Waals surface area contributed by atoms with Crippen molar-refractivity contribution in [2.45, 2.75) is 26.8 Å². The molecule has 0 bridgehead atoms. The van der Waals surface area contributed by atoms with Crippen LogP contribution in [0.3, 0.4) is 0 Å². The topological polar surface area (TPSA) is 43.8 Å². The summed E-state index contributed by atoms with van der Waals surface area (Å²) in [5.41, 5.74) is 2.38. The molecule has 0 unspecified atom stereocenters. The molecule has 1 N–H and O–H groups in total. The first kappa shape index (κ1) is 16.7. The van der Waals surface area contributed by atoms with Crippen molar-refractivity contribution in [1.82, 2.24) is 9.80 Å². The average Bonchev–Trinajstić information content (AvgIpc) is 2.41. The molecule has 0 radical (unpaired) electrons. The predicted molar refractivity (Wildman–Crippen MR) is 81.5 cm³/mol. The summed E-state index contributed by atoms with van der Waals surface area (Å²) in [6, 6.07) is 8.11. The second kappa shape index (κ2) is 8.72. The lowest BCUT2D eigenvalue weighted by molar-refractivity contribution is -0.131. The Morgan fingerprint density at radius 3 is 2.55 bits per heavy atom. The zero-order valence-corrected chi connectivity index (χ0v) is 12.8. The van der Waals surface area contributed by atoms with E-state index in [4.69, 9.17) is 5.11 Å². The van der Waals surface area contributed by atoms with Crippen molar-refractivity contribution >= 4 is 5.91 Å². The van der Waals surface area contributed by atoms with Crippen LogP contribution in [0.4, 0.5) is 0 Å². The van der Waals surface area contributed by atoms with Gasteiger partial charge in [0.1, 0.15) is 0 Å². The molecule has 1 aromatic carbocycles. The normalized spacial score (nSPS) is 10.8. The van der Waals surface area contributed by atoms with Crippen molar-refractivity contribution in [2.24, 2.45) is 0 Å². The molecule has 0 fully saturated rings. The third-order valence-electron chi connectivity index (χ3n) is 3.41. The summed E-state index contributed by atoms with van der Waals surface area (Å²) in [7, 11) is 1.83. The third kappa shape index (κ3) is 5.31. The molecular formula is C16H26N2O2. The minimum atomic E-state index is 0.0921. The Balaban J connectivity index is 2.56. The lowest BCUT2D eigenvalue weighted by Gasteiger charge is -2.24. The first-order chi connectivity index (χ1) is 9.58. The highest BCUT2D eigenvalue weighted by molar-refractivity contribution is 5.78. The van der Waals surface area contributed by atoms with E-state index < -0.39 is 0 Å². The molecule has 1 rings (SSSR count). The fraction of sp³-hybridized carbons (Fsp3) is 0.562. The van der Waals surface area contributed by atoms with E-state index in [2.05, 4.69) is 26.0 Å². The molecule has 112 valence electrons. The molecule has 0 saturated heterocycles. The van der Waals surface area contributed by atoms with Gasteiger partial charge in [0.2, 0.25) is 5.91 Å². The van der Waals surface area contributed by atoms with E-state index >= 15 is 0 Å². The number of aliphatic hydroxyl groups excluding tert-OH is 1. The van der Waals surface area contributed by atoms with Gasteiger partial charge >= 0.3 is 0 Å². The van der Waals surface area contributed by atoms with Crippen LogP contribution in [-0.4, -0.2) is 54.1 Å². The van der Waals surface area contributed by atoms with Crippen LogP contribution in [-0.2, 0) is 11.3 Å². The van der Waals surface area contributed by atoms with Gasteiger partial charge in [-0.25, -0.2) is 0 Å². The Hall–Kier alpha value is -1.39. The minimum Gasteiger partial charge on any atom is -0.395 e. The fourth-order valence-electron chi connectivity index (χ4n) is 2.17. The van der Waals surface area contributed by atoms with Crippen LogP contribution >= 0.6 is 0 Å². The Labute approximate surface area is 122 Å². The van der Waals surface area contributed by atoms with Crippen molar-refractivity contribution in [2.75, 3.05) is 33.3 Å². The number of hydrogen-bond donors (Lipinski definition) is 1. The Morgan fingerprint density at radius 1 is 1.25 bits per heavy atom. The van der Waals surface area contributed by atoms with Crippen molar-refractivity contribution in [3.8, 4) is 0 Å². The number of benzene rings is 1. The van der Waals surface area contributed by atoms with Gasteiger partial charge < -0.3 is 10.0 Å². The number of hydrogen-bond acceptors (Lipinski definition) is 3. The van der Waals surface area contributed by atoms with E-state index in [1.54, 1.807) is 4.90 Å². The molecule has 0 aliphatic carbocycles. The van der Waals surface area contributed by atoms with Crippen LogP contribution in [0.15, 0.2) is 24.3 Å². The van der Waals surface area contributed by atoms with Crippen LogP contribution in [0.1, 0.15) is 24.5 Å². The van der Waals surface area contributed by atoms with Gasteiger partial charge in [0, 0.05) is 20.1 Å². The Bertz CT molecular complexity index is 415. The lowest BCUT2D eigenvalue weighted by Crippen LogP contribution is -2.39. The smallest absolute Gasteiger partial charge is 0.236 e. The lowest BCUT2D eigenvalue weighted by atomic mass is 10.1. The van der Waals surface area contributed by atoms with Crippen LogP contribution in [0.2, 0.25) is 0 Å². The van der Waals surface area contributed by atoms with Crippen molar-refractivity contribution < 1.29 is 9.90 Å². The van der Waals surface area contributed by atoms with E-state index in [1.165, 1.54) is 11.1 Å². The van der Waals surface area contributed by atoms with Crippen molar-refractivity contribution in [3.63, 3.8) is 0 Å². The quantitative estimate of drug-likeness (QED) is 0.786. The summed E-state index contributed by atoms with van der Waals surface area (Å²) >= 11 is 0. The van der Waals surface area contributed by atoms with Crippen LogP contribution in [0.5, 0.6) is 0 Å². The number of likely N-dealkylation sites (N-methyl/N-ethyl adjacent to an activating group) is 1. The van der Waals surface area contributed by atoms with Gasteiger partial charge in [0.05, 0.1) is 13.2 Å². The van der Waals surface area contributed by atoms with Crippen LogP contribution in [0.25, 0.3) is 0 Å². The van der Waals surface area contributed by atoms with Gasteiger partial charge in [0.15, 0.2) is 0 Å². The number of amides is 1. The molecule has 20 heavy (non-hydrogen) atoms. The van der Waals surface area contributed by atoms with Gasteiger partial charge in [-0.15, -0.1) is 0 Å². The molecule has 0 aliphatic rings. The Morgan fingerprint density at radius 2 is 1.95 bits per heavy atom. The predicted octanol–water partition coefficient (Wildman–Crippen LogP) is 1.66. The number of carbonyl (C=O) groups is 1. The second-order valence-corrected chi connectivity index (χ2v) is 5.18. The summed E-state index contributed by atoms with van der Waals surface area (Å²) in [4.78, 5) is 16.0. The molecule has 0 atom stereocenters. The molecular weight excluding hydrogens is 252 g/mol. The van der Waals surface area contributed by atoms with E-state index in [-0.39, 0.29) is 12.5 Å². The maximum absolute atomic E-state index is 12.2. The molecule has 0 heterocycles. The number of aryl methyl sites for hydroxylation is 1. The number of nitrogens with zero attached hydrogens (tertiary/aromatic N) is 2. The first-order valence-corrected chi connectivity index (χ1v) is 7.20. The van der Waals surface area contributed by atoms with E-state index in [1.807, 2.05) is 24.1 Å². The third-order valence-corrected chi connectivity index (χ3v) is 3.41. The van der Waals surface area contributed by atoms with E-state index in [9.17, 15) is 4.79 Å². The summed E-state index contributed by atoms with van der Waals surface area (Å²) in [6.07, 6.45) is 0.981.